The summed E-state index contributed by atoms with van der Waals surface area (Å²) in [7, 11) is 0. The van der Waals surface area contributed by atoms with Crippen LogP contribution in [0.2, 0.25) is 0 Å². The molecule has 0 spiro atoms. The number of hydrogen-bond donors (Lipinski definition) is 1. The molecule has 0 saturated heterocycles. The van der Waals surface area contributed by atoms with Crippen molar-refractivity contribution >= 4 is 5.91 Å². The zero-order valence-corrected chi connectivity index (χ0v) is 14.3. The smallest absolute Gasteiger partial charge is 0.251 e. The molecule has 0 aliphatic rings. The van der Waals surface area contributed by atoms with Gasteiger partial charge < -0.3 is 5.32 Å². The number of hydrogen-bond acceptors (Lipinski definition) is 1. The van der Waals surface area contributed by atoms with Crippen LogP contribution in [0.3, 0.4) is 0 Å². The maximum Gasteiger partial charge on any atom is 0.251 e. The molecule has 1 amide bonds. The van der Waals surface area contributed by atoms with Crippen molar-refractivity contribution in [1.29, 1.82) is 0 Å². The fourth-order valence-corrected chi connectivity index (χ4v) is 1.94. The Kier molecular flexibility index (Phi) is 4.68. The number of carbonyl (C=O) groups excluding carboxylic acids is 1. The van der Waals surface area contributed by atoms with Gasteiger partial charge in [-0.2, -0.15) is 0 Å². The van der Waals surface area contributed by atoms with E-state index in [4.69, 9.17) is 0 Å². The highest BCUT2D eigenvalue weighted by molar-refractivity contribution is 5.96. The molecule has 1 rings (SSSR count). The van der Waals surface area contributed by atoms with E-state index < -0.39 is 0 Å². The lowest BCUT2D eigenvalue weighted by Crippen LogP contribution is -2.41. The Bertz CT molecular complexity index is 507. The standard InChI is InChI=1S/C18H29NO/c1-12-9-13(2)14(3)15(10-12)16(20)19-11-18(7,8)17(4,5)6/h9-10H,11H2,1-8H3,(H,19,20). The van der Waals surface area contributed by atoms with Crippen LogP contribution in [0.5, 0.6) is 0 Å². The van der Waals surface area contributed by atoms with Crippen molar-refractivity contribution in [2.45, 2.75) is 55.4 Å². The predicted molar refractivity (Wildman–Crippen MR) is 86.2 cm³/mol. The average molecular weight is 275 g/mol. The summed E-state index contributed by atoms with van der Waals surface area (Å²) in [4.78, 5) is 12.4. The first-order valence-electron chi connectivity index (χ1n) is 7.32. The highest BCUT2D eigenvalue weighted by atomic mass is 16.1. The minimum Gasteiger partial charge on any atom is -0.351 e. The monoisotopic (exact) mass is 275 g/mol. The molecule has 0 bridgehead atoms. The first kappa shape index (κ1) is 16.7. The quantitative estimate of drug-likeness (QED) is 0.869. The van der Waals surface area contributed by atoms with E-state index in [1.54, 1.807) is 0 Å². The Labute approximate surface area is 124 Å². The van der Waals surface area contributed by atoms with Gasteiger partial charge in [-0.15, -0.1) is 0 Å². The van der Waals surface area contributed by atoms with Gasteiger partial charge in [-0.1, -0.05) is 46.2 Å². The van der Waals surface area contributed by atoms with Gasteiger partial charge in [0.05, 0.1) is 0 Å². The van der Waals surface area contributed by atoms with E-state index in [0.717, 1.165) is 16.7 Å². The van der Waals surface area contributed by atoms with Crippen molar-refractivity contribution in [3.05, 3.63) is 34.4 Å². The molecule has 0 fully saturated rings. The number of benzene rings is 1. The molecule has 0 aliphatic carbocycles. The second-order valence-electron chi connectivity index (χ2n) is 7.57. The van der Waals surface area contributed by atoms with Crippen molar-refractivity contribution in [3.63, 3.8) is 0 Å². The second-order valence-corrected chi connectivity index (χ2v) is 7.57. The first-order valence-corrected chi connectivity index (χ1v) is 7.32. The molecule has 0 aliphatic heterocycles. The highest BCUT2D eigenvalue weighted by Crippen LogP contribution is 2.37. The zero-order valence-electron chi connectivity index (χ0n) is 14.3. The van der Waals surface area contributed by atoms with Crippen LogP contribution in [0.25, 0.3) is 0 Å². The molecule has 0 radical (unpaired) electrons. The predicted octanol–water partition coefficient (Wildman–Crippen LogP) is 4.41. The normalized spacial score (nSPS) is 12.4. The lowest BCUT2D eigenvalue weighted by atomic mass is 9.69. The van der Waals surface area contributed by atoms with E-state index in [9.17, 15) is 4.79 Å². The maximum absolute atomic E-state index is 12.4. The topological polar surface area (TPSA) is 29.1 Å². The van der Waals surface area contributed by atoms with Gasteiger partial charge in [-0.05, 0) is 48.8 Å². The van der Waals surface area contributed by atoms with Gasteiger partial charge in [-0.25, -0.2) is 0 Å². The van der Waals surface area contributed by atoms with E-state index >= 15 is 0 Å². The number of nitrogens with one attached hydrogen (secondary N) is 1. The minimum atomic E-state index is 0.0339. The van der Waals surface area contributed by atoms with E-state index in [1.807, 2.05) is 19.9 Å². The lowest BCUT2D eigenvalue weighted by Gasteiger charge is -2.39. The fourth-order valence-electron chi connectivity index (χ4n) is 1.94. The molecule has 0 heterocycles. The maximum atomic E-state index is 12.4. The summed E-state index contributed by atoms with van der Waals surface area (Å²) >= 11 is 0. The molecule has 1 N–H and O–H groups in total. The van der Waals surface area contributed by atoms with Crippen molar-refractivity contribution in [2.75, 3.05) is 6.54 Å². The second kappa shape index (κ2) is 5.59. The van der Waals surface area contributed by atoms with Crippen LogP contribution in [-0.4, -0.2) is 12.5 Å². The molecule has 112 valence electrons. The largest absolute Gasteiger partial charge is 0.351 e. The van der Waals surface area contributed by atoms with Crippen molar-refractivity contribution < 1.29 is 4.79 Å². The van der Waals surface area contributed by atoms with Gasteiger partial charge in [0.1, 0.15) is 0 Å². The third kappa shape index (κ3) is 3.62. The molecule has 20 heavy (non-hydrogen) atoms. The Morgan fingerprint density at radius 3 is 2.10 bits per heavy atom. The van der Waals surface area contributed by atoms with Gasteiger partial charge in [-0.3, -0.25) is 4.79 Å². The SMILES string of the molecule is Cc1cc(C)c(C)c(C(=O)NCC(C)(C)C(C)(C)C)c1. The molecular weight excluding hydrogens is 246 g/mol. The Hall–Kier alpha value is -1.31. The molecule has 0 atom stereocenters. The van der Waals surface area contributed by atoms with Gasteiger partial charge in [0.25, 0.3) is 5.91 Å². The highest BCUT2D eigenvalue weighted by Gasteiger charge is 2.33. The van der Waals surface area contributed by atoms with Crippen LogP contribution in [0.1, 0.15) is 61.7 Å². The Morgan fingerprint density at radius 1 is 1.05 bits per heavy atom. The molecule has 0 saturated carbocycles. The molecule has 1 aromatic rings. The average Bonchev–Trinajstić information content (AvgIpc) is 2.29. The summed E-state index contributed by atoms with van der Waals surface area (Å²) in [6, 6.07) is 4.09. The van der Waals surface area contributed by atoms with Crippen LogP contribution < -0.4 is 5.32 Å². The third-order valence-corrected chi connectivity index (χ3v) is 4.78. The summed E-state index contributed by atoms with van der Waals surface area (Å²) in [6.45, 7) is 17.8. The van der Waals surface area contributed by atoms with Crippen LogP contribution in [0, 0.1) is 31.6 Å². The van der Waals surface area contributed by atoms with Crippen molar-refractivity contribution in [1.82, 2.24) is 5.32 Å². The molecule has 1 aromatic carbocycles. The van der Waals surface area contributed by atoms with Crippen LogP contribution in [0.15, 0.2) is 12.1 Å². The molecule has 0 aromatic heterocycles. The summed E-state index contributed by atoms with van der Waals surface area (Å²) in [5, 5.41) is 3.10. The fraction of sp³-hybridized carbons (Fsp3) is 0.611. The van der Waals surface area contributed by atoms with E-state index in [1.165, 1.54) is 5.56 Å². The molecular formula is C18H29NO. The van der Waals surface area contributed by atoms with Gasteiger partial charge in [0.2, 0.25) is 0 Å². The van der Waals surface area contributed by atoms with Gasteiger partial charge in [0, 0.05) is 12.1 Å². The Balaban J connectivity index is 2.89. The van der Waals surface area contributed by atoms with Crippen LogP contribution in [0.4, 0.5) is 0 Å². The summed E-state index contributed by atoms with van der Waals surface area (Å²) in [5.74, 6) is 0.0339. The lowest BCUT2D eigenvalue weighted by molar-refractivity contribution is 0.0867. The molecule has 2 nitrogen and oxygen atoms in total. The Morgan fingerprint density at radius 2 is 1.60 bits per heavy atom. The number of rotatable bonds is 3. The van der Waals surface area contributed by atoms with Crippen molar-refractivity contribution in [2.24, 2.45) is 10.8 Å². The summed E-state index contributed by atoms with van der Waals surface area (Å²) in [6.07, 6.45) is 0. The van der Waals surface area contributed by atoms with Crippen LogP contribution in [-0.2, 0) is 0 Å². The molecule has 2 heteroatoms. The number of carbonyl (C=O) groups is 1. The number of aryl methyl sites for hydroxylation is 2. The third-order valence-electron chi connectivity index (χ3n) is 4.78. The van der Waals surface area contributed by atoms with E-state index in [-0.39, 0.29) is 16.7 Å². The van der Waals surface area contributed by atoms with Crippen molar-refractivity contribution in [3.8, 4) is 0 Å². The van der Waals surface area contributed by atoms with Gasteiger partial charge in [0.15, 0.2) is 0 Å². The molecule has 0 unspecified atom stereocenters. The van der Waals surface area contributed by atoms with Crippen LogP contribution >= 0.6 is 0 Å². The first-order chi connectivity index (χ1) is 8.95. The zero-order chi connectivity index (χ0) is 15.7. The summed E-state index contributed by atoms with van der Waals surface area (Å²) in [5.41, 5.74) is 4.38. The minimum absolute atomic E-state index is 0.0339. The summed E-state index contributed by atoms with van der Waals surface area (Å²) < 4.78 is 0. The number of amides is 1. The van der Waals surface area contributed by atoms with E-state index in [0.29, 0.717) is 6.54 Å². The van der Waals surface area contributed by atoms with E-state index in [2.05, 4.69) is 52.9 Å². The van der Waals surface area contributed by atoms with Gasteiger partial charge >= 0.3 is 0 Å².